The summed E-state index contributed by atoms with van der Waals surface area (Å²) in [4.78, 5) is 23.6. The van der Waals surface area contributed by atoms with Crippen molar-refractivity contribution in [3.05, 3.63) is 40.5 Å². The SMILES string of the molecule is [C-]#[N+]c1nc(N=Nc2cc3c(cc2NC(=O)C(F)(F)F)N(C)CCC3)n(C)c1[N+]#[C-]. The maximum atomic E-state index is 12.8. The summed E-state index contributed by atoms with van der Waals surface area (Å²) in [6, 6.07) is 3.00. The number of nitrogens with zero attached hydrogens (tertiary/aromatic N) is 7. The second-order valence-electron chi connectivity index (χ2n) is 6.52. The number of azo groups is 1. The molecule has 1 aliphatic heterocycles. The third-order valence-electron chi connectivity index (χ3n) is 4.54. The predicted octanol–water partition coefficient (Wildman–Crippen LogP) is 4.82. The normalized spacial score (nSPS) is 13.6. The summed E-state index contributed by atoms with van der Waals surface area (Å²) in [6.07, 6.45) is -3.51. The van der Waals surface area contributed by atoms with E-state index in [1.807, 2.05) is 10.2 Å². The van der Waals surface area contributed by atoms with E-state index in [1.54, 1.807) is 13.1 Å². The molecule has 0 unspecified atom stereocenters. The number of rotatable bonds is 3. The summed E-state index contributed by atoms with van der Waals surface area (Å²) in [5.41, 5.74) is 1.41. The van der Waals surface area contributed by atoms with Crippen LogP contribution in [-0.2, 0) is 18.3 Å². The Morgan fingerprint density at radius 3 is 2.57 bits per heavy atom. The van der Waals surface area contributed by atoms with Crippen LogP contribution in [0.25, 0.3) is 9.69 Å². The van der Waals surface area contributed by atoms with Gasteiger partial charge in [-0.1, -0.05) is 23.2 Å². The Labute approximate surface area is 169 Å². The summed E-state index contributed by atoms with van der Waals surface area (Å²) in [5.74, 6) is -2.37. The van der Waals surface area contributed by atoms with Gasteiger partial charge in [-0.3, -0.25) is 4.79 Å². The van der Waals surface area contributed by atoms with Gasteiger partial charge in [0, 0.05) is 19.3 Å². The van der Waals surface area contributed by atoms with Crippen molar-refractivity contribution in [2.45, 2.75) is 19.0 Å². The molecule has 1 amide bonds. The number of halogens is 3. The Balaban J connectivity index is 2.06. The molecule has 12 heteroatoms. The number of anilines is 2. The average molecular weight is 416 g/mol. The number of fused-ring (bicyclic) bond motifs is 1. The monoisotopic (exact) mass is 416 g/mol. The maximum Gasteiger partial charge on any atom is 0.471 e. The zero-order chi connectivity index (χ0) is 22.1. The second kappa shape index (κ2) is 7.83. The van der Waals surface area contributed by atoms with Gasteiger partial charge < -0.3 is 19.9 Å². The van der Waals surface area contributed by atoms with Crippen LogP contribution in [0.1, 0.15) is 12.0 Å². The van der Waals surface area contributed by atoms with Crippen LogP contribution in [0, 0.1) is 13.1 Å². The minimum Gasteiger partial charge on any atom is -0.374 e. The van der Waals surface area contributed by atoms with Crippen molar-refractivity contribution in [3.63, 3.8) is 0 Å². The number of aryl methyl sites for hydroxylation is 1. The highest BCUT2D eigenvalue weighted by atomic mass is 19.4. The number of nitrogens with one attached hydrogen (secondary N) is 1. The van der Waals surface area contributed by atoms with E-state index in [0.717, 1.165) is 18.5 Å². The Morgan fingerprint density at radius 2 is 1.97 bits per heavy atom. The molecule has 1 N–H and O–H groups in total. The van der Waals surface area contributed by atoms with E-state index >= 15 is 0 Å². The molecule has 0 saturated carbocycles. The van der Waals surface area contributed by atoms with Crippen molar-refractivity contribution in [2.24, 2.45) is 17.3 Å². The van der Waals surface area contributed by atoms with E-state index in [4.69, 9.17) is 13.1 Å². The van der Waals surface area contributed by atoms with Gasteiger partial charge in [-0.15, -0.1) is 5.11 Å². The van der Waals surface area contributed by atoms with E-state index in [2.05, 4.69) is 24.9 Å². The minimum atomic E-state index is -5.06. The quantitative estimate of drug-likeness (QED) is 0.575. The summed E-state index contributed by atoms with van der Waals surface area (Å²) >= 11 is 0. The summed E-state index contributed by atoms with van der Waals surface area (Å²) in [7, 11) is 3.28. The molecule has 1 aromatic carbocycles. The highest BCUT2D eigenvalue weighted by Gasteiger charge is 2.39. The molecule has 0 atom stereocenters. The van der Waals surface area contributed by atoms with Crippen LogP contribution in [0.4, 0.5) is 47.8 Å². The predicted molar refractivity (Wildman–Crippen MR) is 103 cm³/mol. The molecule has 9 nitrogen and oxygen atoms in total. The lowest BCUT2D eigenvalue weighted by molar-refractivity contribution is -0.167. The van der Waals surface area contributed by atoms with Crippen molar-refractivity contribution in [1.29, 1.82) is 0 Å². The van der Waals surface area contributed by atoms with Crippen molar-refractivity contribution in [3.8, 4) is 0 Å². The maximum absolute atomic E-state index is 12.8. The molecule has 1 aromatic heterocycles. The van der Waals surface area contributed by atoms with Crippen LogP contribution in [0.3, 0.4) is 0 Å². The number of carbonyl (C=O) groups is 1. The molecule has 0 bridgehead atoms. The van der Waals surface area contributed by atoms with Gasteiger partial charge in [0.2, 0.25) is 0 Å². The van der Waals surface area contributed by atoms with Crippen LogP contribution >= 0.6 is 0 Å². The van der Waals surface area contributed by atoms with E-state index in [-0.39, 0.29) is 29.0 Å². The van der Waals surface area contributed by atoms with Gasteiger partial charge >= 0.3 is 18.0 Å². The van der Waals surface area contributed by atoms with Gasteiger partial charge in [-0.2, -0.15) is 13.2 Å². The number of hydrogen-bond acceptors (Lipinski definition) is 5. The molecule has 0 spiro atoms. The van der Waals surface area contributed by atoms with Crippen molar-refractivity contribution >= 4 is 40.6 Å². The summed E-state index contributed by atoms with van der Waals surface area (Å²) in [5, 5.41) is 9.70. The molecule has 0 radical (unpaired) electrons. The molecule has 2 heterocycles. The fourth-order valence-electron chi connectivity index (χ4n) is 3.03. The van der Waals surface area contributed by atoms with E-state index in [1.165, 1.54) is 17.7 Å². The zero-order valence-electron chi connectivity index (χ0n) is 15.9. The molecule has 1 aliphatic rings. The fourth-order valence-corrected chi connectivity index (χ4v) is 3.03. The third-order valence-corrected chi connectivity index (χ3v) is 4.54. The van der Waals surface area contributed by atoms with Crippen LogP contribution in [0.15, 0.2) is 22.4 Å². The lowest BCUT2D eigenvalue weighted by Crippen LogP contribution is -2.30. The Morgan fingerprint density at radius 1 is 1.23 bits per heavy atom. The van der Waals surface area contributed by atoms with Crippen molar-refractivity contribution < 1.29 is 18.0 Å². The molecule has 0 fully saturated rings. The molecule has 154 valence electrons. The number of carbonyl (C=O) groups excluding carboxylic acids is 1. The topological polar surface area (TPSA) is 83.6 Å². The Bertz CT molecular complexity index is 1120. The van der Waals surface area contributed by atoms with Gasteiger partial charge in [0.15, 0.2) is 0 Å². The molecular weight excluding hydrogens is 401 g/mol. The van der Waals surface area contributed by atoms with Gasteiger partial charge in [-0.05, 0) is 30.5 Å². The standard InChI is InChI=1S/C18H15F3N8O/c1-22-14-15(23-2)29(4)17(25-14)27-26-12-8-10-6-5-7-28(3)13(10)9-11(12)24-16(30)18(19,20)21/h8-9H,5-7H2,3-4H3,(H,24,30). The first-order valence-corrected chi connectivity index (χ1v) is 8.65. The van der Waals surface area contributed by atoms with Crippen LogP contribution in [-0.4, -0.2) is 35.2 Å². The van der Waals surface area contributed by atoms with E-state index in [9.17, 15) is 18.0 Å². The van der Waals surface area contributed by atoms with Gasteiger partial charge in [0.05, 0.1) is 12.7 Å². The average Bonchev–Trinajstić information content (AvgIpc) is 3.01. The first-order valence-electron chi connectivity index (χ1n) is 8.65. The smallest absolute Gasteiger partial charge is 0.374 e. The van der Waals surface area contributed by atoms with Crippen molar-refractivity contribution in [1.82, 2.24) is 9.55 Å². The molecule has 2 aromatic rings. The van der Waals surface area contributed by atoms with E-state index < -0.39 is 12.1 Å². The van der Waals surface area contributed by atoms with E-state index in [0.29, 0.717) is 12.1 Å². The fraction of sp³-hybridized carbons (Fsp3) is 0.333. The van der Waals surface area contributed by atoms with Crippen LogP contribution in [0.5, 0.6) is 0 Å². The summed E-state index contributed by atoms with van der Waals surface area (Å²) < 4.78 is 39.5. The number of benzene rings is 1. The number of amides is 1. The zero-order valence-corrected chi connectivity index (χ0v) is 15.9. The third kappa shape index (κ3) is 3.93. The highest BCUT2D eigenvalue weighted by molar-refractivity contribution is 5.98. The number of hydrogen-bond donors (Lipinski definition) is 1. The second-order valence-corrected chi connectivity index (χ2v) is 6.52. The molecule has 30 heavy (non-hydrogen) atoms. The molecular formula is C18H15F3N8O. The first kappa shape index (κ1) is 20.8. The number of imidazole rings is 1. The lowest BCUT2D eigenvalue weighted by Gasteiger charge is -2.28. The first-order chi connectivity index (χ1) is 14.2. The van der Waals surface area contributed by atoms with Crippen molar-refractivity contribution in [2.75, 3.05) is 23.8 Å². The number of aromatic nitrogens is 2. The Kier molecular flexibility index (Phi) is 5.43. The van der Waals surface area contributed by atoms with Crippen LogP contribution < -0.4 is 10.2 Å². The molecule has 3 rings (SSSR count). The molecule has 0 aliphatic carbocycles. The Hall–Kier alpha value is -3.93. The number of alkyl halides is 3. The largest absolute Gasteiger partial charge is 0.471 e. The minimum absolute atomic E-state index is 0.0124. The van der Waals surface area contributed by atoms with Gasteiger partial charge in [-0.25, -0.2) is 4.57 Å². The van der Waals surface area contributed by atoms with Gasteiger partial charge in [0.25, 0.3) is 11.6 Å². The van der Waals surface area contributed by atoms with Crippen LogP contribution in [0.2, 0.25) is 0 Å². The lowest BCUT2D eigenvalue weighted by atomic mass is 10.0. The van der Waals surface area contributed by atoms with Gasteiger partial charge in [0.1, 0.15) is 5.69 Å². The highest BCUT2D eigenvalue weighted by Crippen LogP contribution is 2.38. The summed E-state index contributed by atoms with van der Waals surface area (Å²) in [6.45, 7) is 14.9. The molecule has 0 saturated heterocycles.